The summed E-state index contributed by atoms with van der Waals surface area (Å²) in [5.41, 5.74) is -1.77. The Balaban J connectivity index is 2.13. The third-order valence-electron chi connectivity index (χ3n) is 5.74. The Labute approximate surface area is 211 Å². The van der Waals surface area contributed by atoms with Crippen LogP contribution in [0.3, 0.4) is 0 Å². The second-order valence-corrected chi connectivity index (χ2v) is 8.36. The van der Waals surface area contributed by atoms with Crippen LogP contribution in [0.4, 0.5) is 39.5 Å². The first-order valence-corrected chi connectivity index (χ1v) is 11.3. The van der Waals surface area contributed by atoms with E-state index in [1.165, 1.54) is 12.1 Å². The molecule has 0 unspecified atom stereocenters. The van der Waals surface area contributed by atoms with E-state index in [0.29, 0.717) is 49.2 Å². The third-order valence-corrected chi connectivity index (χ3v) is 5.74. The first-order valence-electron chi connectivity index (χ1n) is 11.3. The summed E-state index contributed by atoms with van der Waals surface area (Å²) < 4.78 is 132. The van der Waals surface area contributed by atoms with Crippen molar-refractivity contribution in [1.82, 2.24) is 0 Å². The molecule has 0 aliphatic carbocycles. The summed E-state index contributed by atoms with van der Waals surface area (Å²) in [6, 6.07) is 5.94. The molecule has 4 aromatic carbocycles. The number of unbranched alkanes of at least 4 members (excludes halogenated alkanes) is 1. The van der Waals surface area contributed by atoms with E-state index in [9.17, 15) is 39.5 Å². The maximum atomic E-state index is 14.3. The van der Waals surface area contributed by atoms with Gasteiger partial charge in [-0.3, -0.25) is 0 Å². The van der Waals surface area contributed by atoms with Gasteiger partial charge in [0.15, 0.2) is 52.4 Å². The van der Waals surface area contributed by atoms with Gasteiger partial charge in [0.25, 0.3) is 0 Å². The molecule has 0 saturated heterocycles. The molecule has 0 bridgehead atoms. The third kappa shape index (κ3) is 5.20. The molecular formula is C28H17F9O. The van der Waals surface area contributed by atoms with Crippen molar-refractivity contribution in [2.24, 2.45) is 0 Å². The first-order chi connectivity index (χ1) is 18.0. The molecule has 10 heteroatoms. The topological polar surface area (TPSA) is 9.23 Å². The SMILES string of the molecule is CCCCOc1cc(-c2cc(F)c(F)c(F)c2)c(-c2cc(F)c(F)c(F)c2)c(-c2cc(F)c(F)c(F)c2)c1. The predicted molar refractivity (Wildman–Crippen MR) is 123 cm³/mol. The molecule has 38 heavy (non-hydrogen) atoms. The summed E-state index contributed by atoms with van der Waals surface area (Å²) in [4.78, 5) is 0. The number of halogens is 9. The van der Waals surface area contributed by atoms with Gasteiger partial charge < -0.3 is 4.74 Å². The Morgan fingerprint density at radius 1 is 0.500 bits per heavy atom. The van der Waals surface area contributed by atoms with Gasteiger partial charge in [-0.1, -0.05) is 13.3 Å². The molecule has 198 valence electrons. The van der Waals surface area contributed by atoms with Crippen LogP contribution < -0.4 is 4.74 Å². The minimum absolute atomic E-state index is 0.00513. The maximum Gasteiger partial charge on any atom is 0.194 e. The molecule has 0 N–H and O–H groups in total. The van der Waals surface area contributed by atoms with Crippen LogP contribution in [0.5, 0.6) is 5.75 Å². The number of ether oxygens (including phenoxy) is 1. The van der Waals surface area contributed by atoms with Crippen LogP contribution in [0.15, 0.2) is 48.5 Å². The normalized spacial score (nSPS) is 11.2. The maximum absolute atomic E-state index is 14.3. The lowest BCUT2D eigenvalue weighted by Crippen LogP contribution is -2.02. The fraction of sp³-hybridized carbons (Fsp3) is 0.143. The van der Waals surface area contributed by atoms with Crippen LogP contribution in [0.1, 0.15) is 19.8 Å². The average Bonchev–Trinajstić information content (AvgIpc) is 2.87. The van der Waals surface area contributed by atoms with Gasteiger partial charge in [0.1, 0.15) is 5.75 Å². The number of benzene rings is 4. The van der Waals surface area contributed by atoms with Gasteiger partial charge >= 0.3 is 0 Å². The van der Waals surface area contributed by atoms with Crippen molar-refractivity contribution in [3.63, 3.8) is 0 Å². The first kappa shape index (κ1) is 27.1. The highest BCUT2D eigenvalue weighted by atomic mass is 19.2. The quantitative estimate of drug-likeness (QED) is 0.129. The van der Waals surface area contributed by atoms with Crippen molar-refractivity contribution in [3.05, 3.63) is 101 Å². The lowest BCUT2D eigenvalue weighted by molar-refractivity contribution is 0.309. The molecule has 0 aromatic heterocycles. The molecule has 0 heterocycles. The Bertz CT molecular complexity index is 1380. The minimum Gasteiger partial charge on any atom is -0.494 e. The molecule has 0 aliphatic rings. The van der Waals surface area contributed by atoms with Gasteiger partial charge in [0.05, 0.1) is 6.61 Å². The fourth-order valence-electron chi connectivity index (χ4n) is 3.92. The van der Waals surface area contributed by atoms with Crippen molar-refractivity contribution in [2.45, 2.75) is 19.8 Å². The zero-order chi connectivity index (χ0) is 27.7. The van der Waals surface area contributed by atoms with Crippen LogP contribution in [-0.4, -0.2) is 6.61 Å². The highest BCUT2D eigenvalue weighted by Gasteiger charge is 2.23. The summed E-state index contributed by atoms with van der Waals surface area (Å²) in [6.45, 7) is 2.02. The number of hydrogen-bond acceptors (Lipinski definition) is 1. The minimum atomic E-state index is -1.81. The van der Waals surface area contributed by atoms with E-state index in [4.69, 9.17) is 4.74 Å². The smallest absolute Gasteiger partial charge is 0.194 e. The summed E-state index contributed by atoms with van der Waals surface area (Å²) in [6.07, 6.45) is 1.29. The van der Waals surface area contributed by atoms with Crippen molar-refractivity contribution in [2.75, 3.05) is 6.61 Å². The van der Waals surface area contributed by atoms with Crippen molar-refractivity contribution in [3.8, 4) is 39.1 Å². The Morgan fingerprint density at radius 2 is 0.842 bits per heavy atom. The summed E-state index contributed by atoms with van der Waals surface area (Å²) in [5.74, 6) is -15.0. The second-order valence-electron chi connectivity index (χ2n) is 8.36. The van der Waals surface area contributed by atoms with Crippen molar-refractivity contribution >= 4 is 0 Å². The van der Waals surface area contributed by atoms with Crippen LogP contribution in [0, 0.1) is 52.4 Å². The van der Waals surface area contributed by atoms with E-state index < -0.39 is 57.9 Å². The molecule has 0 radical (unpaired) electrons. The molecule has 0 saturated carbocycles. The molecule has 0 spiro atoms. The fourth-order valence-corrected chi connectivity index (χ4v) is 3.92. The molecule has 4 aromatic rings. The molecule has 0 atom stereocenters. The number of rotatable bonds is 7. The van der Waals surface area contributed by atoms with Gasteiger partial charge in [-0.2, -0.15) is 0 Å². The predicted octanol–water partition coefficient (Wildman–Crippen LogP) is 9.12. The van der Waals surface area contributed by atoms with Crippen LogP contribution >= 0.6 is 0 Å². The van der Waals surface area contributed by atoms with Crippen molar-refractivity contribution in [1.29, 1.82) is 0 Å². The van der Waals surface area contributed by atoms with E-state index in [2.05, 4.69) is 0 Å². The van der Waals surface area contributed by atoms with E-state index in [0.717, 1.165) is 0 Å². The molecular weight excluding hydrogens is 523 g/mol. The zero-order valence-corrected chi connectivity index (χ0v) is 19.6. The van der Waals surface area contributed by atoms with Crippen LogP contribution in [0.2, 0.25) is 0 Å². The van der Waals surface area contributed by atoms with E-state index in [1.807, 2.05) is 6.92 Å². The zero-order valence-electron chi connectivity index (χ0n) is 19.6. The Kier molecular flexibility index (Phi) is 7.71. The summed E-state index contributed by atoms with van der Waals surface area (Å²) in [7, 11) is 0. The van der Waals surface area contributed by atoms with Gasteiger partial charge in [0, 0.05) is 0 Å². The molecule has 0 aliphatic heterocycles. The molecule has 1 nitrogen and oxygen atoms in total. The Hall–Kier alpha value is -3.95. The van der Waals surface area contributed by atoms with Gasteiger partial charge in [-0.25, -0.2) is 39.5 Å². The van der Waals surface area contributed by atoms with Crippen LogP contribution in [0.25, 0.3) is 33.4 Å². The average molecular weight is 540 g/mol. The summed E-state index contributed by atoms with van der Waals surface area (Å²) >= 11 is 0. The highest BCUT2D eigenvalue weighted by Crippen LogP contribution is 2.44. The van der Waals surface area contributed by atoms with Crippen molar-refractivity contribution < 1.29 is 44.3 Å². The largest absolute Gasteiger partial charge is 0.494 e. The molecule has 0 fully saturated rings. The molecule has 4 rings (SSSR count). The van der Waals surface area contributed by atoms with Crippen LogP contribution in [-0.2, 0) is 0 Å². The van der Waals surface area contributed by atoms with E-state index in [1.54, 1.807) is 0 Å². The molecule has 0 amide bonds. The van der Waals surface area contributed by atoms with Gasteiger partial charge in [0.2, 0.25) is 0 Å². The van der Waals surface area contributed by atoms with E-state index >= 15 is 0 Å². The highest BCUT2D eigenvalue weighted by molar-refractivity contribution is 5.95. The number of hydrogen-bond donors (Lipinski definition) is 0. The summed E-state index contributed by atoms with van der Waals surface area (Å²) in [5, 5.41) is 0. The van der Waals surface area contributed by atoms with Gasteiger partial charge in [-0.05, 0) is 88.3 Å². The lowest BCUT2D eigenvalue weighted by Gasteiger charge is -2.20. The van der Waals surface area contributed by atoms with E-state index in [-0.39, 0.29) is 40.2 Å². The van der Waals surface area contributed by atoms with Gasteiger partial charge in [-0.15, -0.1) is 0 Å². The standard InChI is InChI=1S/C28H17F9O/c1-2-3-4-38-16-11-17(13-5-19(29)26(35)20(30)6-13)25(15-9-23(33)28(37)24(34)10-15)18(12-16)14-7-21(31)27(36)22(32)8-14/h5-12H,2-4H2,1H3. The Morgan fingerprint density at radius 3 is 1.18 bits per heavy atom. The lowest BCUT2D eigenvalue weighted by atomic mass is 9.87. The second kappa shape index (κ2) is 10.8. The monoisotopic (exact) mass is 540 g/mol.